The summed E-state index contributed by atoms with van der Waals surface area (Å²) in [4.78, 5) is 2.40. The fourth-order valence-corrected chi connectivity index (χ4v) is 6.09. The van der Waals surface area contributed by atoms with Crippen LogP contribution in [0.5, 0.6) is 0 Å². The molecule has 0 aromatic heterocycles. The van der Waals surface area contributed by atoms with Crippen molar-refractivity contribution < 1.29 is 0 Å². The molecule has 0 unspecified atom stereocenters. The smallest absolute Gasteiger partial charge is 0.0546 e. The molecule has 0 spiro atoms. The number of benzene rings is 7. The Bertz CT molecular complexity index is 1900. The van der Waals surface area contributed by atoms with Crippen LogP contribution in [0.1, 0.15) is 25.3 Å². The van der Waals surface area contributed by atoms with Gasteiger partial charge in [-0.05, 0) is 80.6 Å². The molecule has 0 bridgehead atoms. The molecule has 0 aliphatic heterocycles. The molecule has 0 aliphatic rings. The molecule has 7 aromatic rings. The van der Waals surface area contributed by atoms with Crippen molar-refractivity contribution in [3.63, 3.8) is 0 Å². The lowest BCUT2D eigenvalue weighted by Gasteiger charge is -2.28. The highest BCUT2D eigenvalue weighted by molar-refractivity contribution is 6.07. The average molecular weight is 566 g/mol. The maximum absolute atomic E-state index is 2.40. The van der Waals surface area contributed by atoms with Crippen LogP contribution in [-0.2, 0) is 0 Å². The molecular weight excluding hydrogens is 530 g/mol. The van der Waals surface area contributed by atoms with E-state index in [-0.39, 0.29) is 0 Å². The van der Waals surface area contributed by atoms with E-state index in [0.29, 0.717) is 5.92 Å². The highest BCUT2D eigenvalue weighted by atomic mass is 15.1. The van der Waals surface area contributed by atoms with Gasteiger partial charge in [-0.15, -0.1) is 0 Å². The Morgan fingerprint density at radius 2 is 0.841 bits per heavy atom. The first-order chi connectivity index (χ1) is 21.7. The van der Waals surface area contributed by atoms with Crippen LogP contribution in [0.25, 0.3) is 44.2 Å². The van der Waals surface area contributed by atoms with Gasteiger partial charge in [0.05, 0.1) is 5.69 Å². The first-order valence-electron chi connectivity index (χ1n) is 15.4. The van der Waals surface area contributed by atoms with Crippen molar-refractivity contribution in [2.75, 3.05) is 4.90 Å². The summed E-state index contributed by atoms with van der Waals surface area (Å²) >= 11 is 0. The first-order valence-corrected chi connectivity index (χ1v) is 15.4. The molecule has 0 atom stereocenters. The minimum atomic E-state index is 0.500. The molecule has 212 valence electrons. The lowest BCUT2D eigenvalue weighted by Crippen LogP contribution is -2.10. The monoisotopic (exact) mass is 565 g/mol. The maximum atomic E-state index is 2.40. The van der Waals surface area contributed by atoms with Crippen molar-refractivity contribution in [1.29, 1.82) is 0 Å². The molecular formula is C43H35N. The van der Waals surface area contributed by atoms with Crippen LogP contribution < -0.4 is 4.90 Å². The van der Waals surface area contributed by atoms with E-state index in [4.69, 9.17) is 0 Å². The molecule has 0 amide bonds. The van der Waals surface area contributed by atoms with Gasteiger partial charge in [0, 0.05) is 16.8 Å². The Morgan fingerprint density at radius 1 is 0.386 bits per heavy atom. The van der Waals surface area contributed by atoms with E-state index in [2.05, 4.69) is 189 Å². The Morgan fingerprint density at radius 3 is 1.34 bits per heavy atom. The van der Waals surface area contributed by atoms with Gasteiger partial charge in [-0.25, -0.2) is 0 Å². The zero-order valence-electron chi connectivity index (χ0n) is 25.2. The molecule has 0 saturated heterocycles. The highest BCUT2D eigenvalue weighted by Crippen LogP contribution is 2.43. The SMILES string of the molecule is CC(C)c1ccc(-c2cccc3cccc(N(c4ccc(-c5ccccc5)cc4)c4ccc(-c5ccccc5)cc4)c23)cc1. The van der Waals surface area contributed by atoms with Crippen LogP contribution in [0, 0.1) is 0 Å². The van der Waals surface area contributed by atoms with Gasteiger partial charge in [-0.2, -0.15) is 0 Å². The van der Waals surface area contributed by atoms with Crippen LogP contribution in [-0.4, -0.2) is 0 Å². The van der Waals surface area contributed by atoms with Crippen LogP contribution >= 0.6 is 0 Å². The first kappa shape index (κ1) is 27.4. The van der Waals surface area contributed by atoms with Gasteiger partial charge in [0.25, 0.3) is 0 Å². The van der Waals surface area contributed by atoms with Gasteiger partial charge in [-0.3, -0.25) is 0 Å². The minimum absolute atomic E-state index is 0.500. The van der Waals surface area contributed by atoms with E-state index < -0.39 is 0 Å². The van der Waals surface area contributed by atoms with Gasteiger partial charge in [0.15, 0.2) is 0 Å². The van der Waals surface area contributed by atoms with Crippen LogP contribution in [0.2, 0.25) is 0 Å². The van der Waals surface area contributed by atoms with E-state index in [0.717, 1.165) is 17.1 Å². The van der Waals surface area contributed by atoms with Gasteiger partial charge >= 0.3 is 0 Å². The van der Waals surface area contributed by atoms with Crippen molar-refractivity contribution in [3.8, 4) is 33.4 Å². The average Bonchev–Trinajstić information content (AvgIpc) is 3.10. The van der Waals surface area contributed by atoms with Gasteiger partial charge in [-0.1, -0.05) is 153 Å². The molecule has 0 N–H and O–H groups in total. The number of anilines is 3. The molecule has 0 saturated carbocycles. The van der Waals surface area contributed by atoms with Crippen LogP contribution in [0.3, 0.4) is 0 Å². The van der Waals surface area contributed by atoms with Crippen molar-refractivity contribution in [2.24, 2.45) is 0 Å². The summed E-state index contributed by atoms with van der Waals surface area (Å²) in [5, 5.41) is 2.46. The lowest BCUT2D eigenvalue weighted by molar-refractivity contribution is 0.867. The fraction of sp³-hybridized carbons (Fsp3) is 0.0698. The standard InChI is InChI=1S/C43H35N/c1-31(2)32-19-21-37(22-20-32)41-17-9-15-38-16-10-18-42(43(38)41)44(39-27-23-35(24-28-39)33-11-5-3-6-12-33)40-29-25-36(26-30-40)34-13-7-4-8-14-34/h3-31H,1-2H3. The molecule has 0 heterocycles. The zero-order chi connectivity index (χ0) is 29.9. The Kier molecular flexibility index (Phi) is 7.53. The summed E-state index contributed by atoms with van der Waals surface area (Å²) in [6.07, 6.45) is 0. The zero-order valence-corrected chi connectivity index (χ0v) is 25.2. The Balaban J connectivity index is 1.40. The van der Waals surface area contributed by atoms with Crippen molar-refractivity contribution in [1.82, 2.24) is 0 Å². The third-order valence-electron chi connectivity index (χ3n) is 8.48. The summed E-state index contributed by atoms with van der Waals surface area (Å²) in [6, 6.07) is 61.4. The minimum Gasteiger partial charge on any atom is -0.310 e. The van der Waals surface area contributed by atoms with Gasteiger partial charge in [0.2, 0.25) is 0 Å². The molecule has 0 radical (unpaired) electrons. The summed E-state index contributed by atoms with van der Waals surface area (Å²) in [5.41, 5.74) is 12.1. The second-order valence-corrected chi connectivity index (χ2v) is 11.6. The predicted octanol–water partition coefficient (Wildman–Crippen LogP) is 12.4. The van der Waals surface area contributed by atoms with Crippen molar-refractivity contribution in [3.05, 3.63) is 175 Å². The van der Waals surface area contributed by atoms with E-state index in [9.17, 15) is 0 Å². The number of fused-ring (bicyclic) bond motifs is 1. The lowest BCUT2D eigenvalue weighted by atomic mass is 9.94. The maximum Gasteiger partial charge on any atom is 0.0546 e. The molecule has 7 aromatic carbocycles. The highest BCUT2D eigenvalue weighted by Gasteiger charge is 2.18. The van der Waals surface area contributed by atoms with E-state index in [1.54, 1.807) is 0 Å². The van der Waals surface area contributed by atoms with Crippen LogP contribution in [0.15, 0.2) is 170 Å². The van der Waals surface area contributed by atoms with Crippen molar-refractivity contribution in [2.45, 2.75) is 19.8 Å². The number of hydrogen-bond acceptors (Lipinski definition) is 1. The summed E-state index contributed by atoms with van der Waals surface area (Å²) < 4.78 is 0. The summed E-state index contributed by atoms with van der Waals surface area (Å²) in [6.45, 7) is 4.49. The summed E-state index contributed by atoms with van der Waals surface area (Å²) in [5.74, 6) is 0.500. The molecule has 0 fully saturated rings. The third kappa shape index (κ3) is 5.41. The van der Waals surface area contributed by atoms with E-state index in [1.165, 1.54) is 49.7 Å². The third-order valence-corrected chi connectivity index (χ3v) is 8.48. The number of rotatable bonds is 7. The topological polar surface area (TPSA) is 3.24 Å². The quantitative estimate of drug-likeness (QED) is 0.186. The molecule has 0 aliphatic carbocycles. The summed E-state index contributed by atoms with van der Waals surface area (Å²) in [7, 11) is 0. The molecule has 44 heavy (non-hydrogen) atoms. The van der Waals surface area contributed by atoms with E-state index >= 15 is 0 Å². The largest absolute Gasteiger partial charge is 0.310 e. The van der Waals surface area contributed by atoms with Gasteiger partial charge in [0.1, 0.15) is 0 Å². The van der Waals surface area contributed by atoms with Crippen LogP contribution in [0.4, 0.5) is 17.1 Å². The Hall–Kier alpha value is -5.40. The second-order valence-electron chi connectivity index (χ2n) is 11.6. The molecule has 1 nitrogen and oxygen atoms in total. The predicted molar refractivity (Wildman–Crippen MR) is 189 cm³/mol. The number of nitrogens with zero attached hydrogens (tertiary/aromatic N) is 1. The van der Waals surface area contributed by atoms with E-state index in [1.807, 2.05) is 0 Å². The Labute approximate surface area is 260 Å². The number of hydrogen-bond donors (Lipinski definition) is 0. The molecule has 1 heteroatoms. The van der Waals surface area contributed by atoms with Crippen molar-refractivity contribution >= 4 is 27.8 Å². The molecule has 7 rings (SSSR count). The normalized spacial score (nSPS) is 11.2. The fourth-order valence-electron chi connectivity index (χ4n) is 6.09. The second kappa shape index (κ2) is 12.1. The van der Waals surface area contributed by atoms with Gasteiger partial charge < -0.3 is 4.90 Å².